The molecule has 28 heavy (non-hydrogen) atoms. The molecule has 4 rings (SSSR count). The van der Waals surface area contributed by atoms with Gasteiger partial charge < -0.3 is 0 Å². The zero-order valence-electron chi connectivity index (χ0n) is 15.9. The van der Waals surface area contributed by atoms with Gasteiger partial charge >= 0.3 is 0 Å². The molecule has 0 atom stereocenters. The molecule has 1 N–H and O–H groups in total. The van der Waals surface area contributed by atoms with E-state index in [1.165, 1.54) is 22.4 Å². The maximum atomic E-state index is 13.3. The maximum Gasteiger partial charge on any atom is 0.289 e. The number of halogens is 1. The van der Waals surface area contributed by atoms with Gasteiger partial charge in [0.2, 0.25) is 0 Å². The molecular formula is C19H22BrN5O2S. The van der Waals surface area contributed by atoms with Crippen LogP contribution in [0.1, 0.15) is 59.4 Å². The summed E-state index contributed by atoms with van der Waals surface area (Å²) in [5.41, 5.74) is 4.04. The number of nitrogens with one attached hydrogen (secondary N) is 1. The van der Waals surface area contributed by atoms with Gasteiger partial charge in [-0.3, -0.25) is 19.7 Å². The third-order valence-corrected chi connectivity index (χ3v) is 6.95. The van der Waals surface area contributed by atoms with Gasteiger partial charge in [-0.15, -0.1) is 11.3 Å². The van der Waals surface area contributed by atoms with Crippen LogP contribution in [0.15, 0.2) is 15.5 Å². The molecule has 0 radical (unpaired) electrons. The fourth-order valence-electron chi connectivity index (χ4n) is 3.77. The largest absolute Gasteiger partial charge is 0.289 e. The van der Waals surface area contributed by atoms with Crippen LogP contribution < -0.4 is 11.0 Å². The molecule has 1 aliphatic carbocycles. The minimum atomic E-state index is -0.393. The topological polar surface area (TPSA) is 81.8 Å². The molecule has 0 saturated heterocycles. The molecule has 3 aromatic heterocycles. The molecular weight excluding hydrogens is 442 g/mol. The van der Waals surface area contributed by atoms with Crippen molar-refractivity contribution in [1.82, 2.24) is 19.4 Å². The Morgan fingerprint density at radius 2 is 2.04 bits per heavy atom. The van der Waals surface area contributed by atoms with Crippen LogP contribution >= 0.6 is 27.3 Å². The van der Waals surface area contributed by atoms with E-state index >= 15 is 0 Å². The summed E-state index contributed by atoms with van der Waals surface area (Å²) in [5, 5.41) is 4.83. The summed E-state index contributed by atoms with van der Waals surface area (Å²) in [6.07, 6.45) is 8.15. The Balaban J connectivity index is 1.79. The summed E-state index contributed by atoms with van der Waals surface area (Å²) in [5.74, 6) is 0.0782. The Morgan fingerprint density at radius 3 is 2.79 bits per heavy atom. The molecule has 148 valence electrons. The van der Waals surface area contributed by atoms with Crippen LogP contribution in [0.3, 0.4) is 0 Å². The Bertz CT molecular complexity index is 1110. The number of aromatic nitrogens is 4. The number of aryl methyl sites for hydroxylation is 4. The number of nitrogens with zero attached hydrogens (tertiary/aromatic N) is 4. The highest BCUT2D eigenvalue weighted by Gasteiger charge is 2.22. The monoisotopic (exact) mass is 463 g/mol. The lowest BCUT2D eigenvalue weighted by atomic mass is 9.98. The lowest BCUT2D eigenvalue weighted by Crippen LogP contribution is -2.36. The summed E-state index contributed by atoms with van der Waals surface area (Å²) in [6, 6.07) is 0. The van der Waals surface area contributed by atoms with Crippen LogP contribution in [-0.4, -0.2) is 25.3 Å². The summed E-state index contributed by atoms with van der Waals surface area (Å²) < 4.78 is 3.45. The molecule has 1 amide bonds. The van der Waals surface area contributed by atoms with E-state index < -0.39 is 5.91 Å². The highest BCUT2D eigenvalue weighted by atomic mass is 79.9. The van der Waals surface area contributed by atoms with Crippen molar-refractivity contribution < 1.29 is 4.79 Å². The van der Waals surface area contributed by atoms with Gasteiger partial charge in [0.05, 0.1) is 16.1 Å². The van der Waals surface area contributed by atoms with E-state index in [1.54, 1.807) is 29.1 Å². The van der Waals surface area contributed by atoms with Crippen LogP contribution in [0.5, 0.6) is 0 Å². The van der Waals surface area contributed by atoms with E-state index in [2.05, 4.69) is 31.4 Å². The van der Waals surface area contributed by atoms with Gasteiger partial charge in [0.15, 0.2) is 0 Å². The van der Waals surface area contributed by atoms with Gasteiger partial charge in [-0.2, -0.15) is 5.10 Å². The predicted molar refractivity (Wildman–Crippen MR) is 114 cm³/mol. The van der Waals surface area contributed by atoms with Gasteiger partial charge in [0, 0.05) is 11.4 Å². The van der Waals surface area contributed by atoms with E-state index in [1.807, 2.05) is 6.92 Å². The van der Waals surface area contributed by atoms with E-state index in [0.717, 1.165) is 36.1 Å². The summed E-state index contributed by atoms with van der Waals surface area (Å²) in [4.78, 5) is 32.8. The predicted octanol–water partition coefficient (Wildman–Crippen LogP) is 3.79. The van der Waals surface area contributed by atoms with E-state index in [9.17, 15) is 9.59 Å². The number of carbonyl (C=O) groups excluding carboxylic acids is 1. The molecule has 0 bridgehead atoms. The molecule has 9 heteroatoms. The number of hydrogen-bond donors (Lipinski definition) is 1. The smallest absolute Gasteiger partial charge is 0.267 e. The van der Waals surface area contributed by atoms with Crippen molar-refractivity contribution >= 4 is 43.4 Å². The molecule has 0 aliphatic heterocycles. The van der Waals surface area contributed by atoms with Gasteiger partial charge in [0.25, 0.3) is 11.5 Å². The lowest BCUT2D eigenvalue weighted by Gasteiger charge is -2.13. The highest BCUT2D eigenvalue weighted by molar-refractivity contribution is 9.10. The first-order chi connectivity index (χ1) is 13.5. The quantitative estimate of drug-likeness (QED) is 0.640. The first-order valence-corrected chi connectivity index (χ1v) is 11.2. The summed E-state index contributed by atoms with van der Waals surface area (Å²) in [6.45, 7) is 4.20. The molecule has 0 unspecified atom stereocenters. The van der Waals surface area contributed by atoms with Crippen molar-refractivity contribution in [3.8, 4) is 0 Å². The van der Waals surface area contributed by atoms with Crippen LogP contribution in [0, 0.1) is 6.92 Å². The van der Waals surface area contributed by atoms with Crippen LogP contribution in [0.25, 0.3) is 10.2 Å². The number of hydrogen-bond acceptors (Lipinski definition) is 5. The van der Waals surface area contributed by atoms with E-state index in [-0.39, 0.29) is 5.56 Å². The second-order valence-electron chi connectivity index (χ2n) is 7.00. The van der Waals surface area contributed by atoms with Crippen molar-refractivity contribution in [2.75, 3.05) is 5.43 Å². The van der Waals surface area contributed by atoms with Crippen molar-refractivity contribution in [3.63, 3.8) is 0 Å². The SMILES string of the molecule is CCn1ncc(Br)c1C(=O)Nn1c(C)nc2sc3c(c2c1=O)CCCCCC3. The van der Waals surface area contributed by atoms with Crippen molar-refractivity contribution in [1.29, 1.82) is 0 Å². The average molecular weight is 464 g/mol. The van der Waals surface area contributed by atoms with Crippen LogP contribution in [0.4, 0.5) is 0 Å². The van der Waals surface area contributed by atoms with Gasteiger partial charge in [0.1, 0.15) is 16.3 Å². The number of thiophene rings is 1. The van der Waals surface area contributed by atoms with E-state index in [0.29, 0.717) is 27.9 Å². The first kappa shape index (κ1) is 19.3. The van der Waals surface area contributed by atoms with Gasteiger partial charge in [-0.25, -0.2) is 9.66 Å². The Labute approximate surface area is 174 Å². The Kier molecular flexibility index (Phi) is 5.37. The highest BCUT2D eigenvalue weighted by Crippen LogP contribution is 2.32. The maximum absolute atomic E-state index is 13.3. The minimum absolute atomic E-state index is 0.201. The Morgan fingerprint density at radius 1 is 1.29 bits per heavy atom. The zero-order valence-corrected chi connectivity index (χ0v) is 18.3. The number of rotatable bonds is 3. The molecule has 0 aromatic carbocycles. The molecule has 3 heterocycles. The van der Waals surface area contributed by atoms with Crippen molar-refractivity contribution in [3.05, 3.63) is 43.0 Å². The van der Waals surface area contributed by atoms with Gasteiger partial charge in [-0.1, -0.05) is 12.8 Å². The molecule has 0 fully saturated rings. The summed E-state index contributed by atoms with van der Waals surface area (Å²) >= 11 is 4.99. The number of amides is 1. The number of fused-ring (bicyclic) bond motifs is 3. The third-order valence-electron chi connectivity index (χ3n) is 5.18. The van der Waals surface area contributed by atoms with Crippen molar-refractivity contribution in [2.24, 2.45) is 0 Å². The second-order valence-corrected chi connectivity index (χ2v) is 8.93. The molecule has 0 spiro atoms. The van der Waals surface area contributed by atoms with Crippen LogP contribution in [-0.2, 0) is 19.4 Å². The Hall–Kier alpha value is -2.00. The zero-order chi connectivity index (χ0) is 19.8. The fraction of sp³-hybridized carbons (Fsp3) is 0.474. The van der Waals surface area contributed by atoms with Crippen molar-refractivity contribution in [2.45, 2.75) is 58.9 Å². The first-order valence-electron chi connectivity index (χ1n) is 9.57. The minimum Gasteiger partial charge on any atom is -0.267 e. The van der Waals surface area contributed by atoms with E-state index in [4.69, 9.17) is 0 Å². The molecule has 1 aliphatic rings. The standard InChI is InChI=1S/C19H22BrN5O2S/c1-3-24-16(13(20)10-21-24)17(26)23-25-11(2)22-18-15(19(25)27)12-8-6-4-5-7-9-14(12)28-18/h10H,3-9H2,1-2H3,(H,23,26). The van der Waals surface area contributed by atoms with Gasteiger partial charge in [-0.05, 0) is 61.0 Å². The number of carbonyl (C=O) groups is 1. The lowest BCUT2D eigenvalue weighted by molar-refractivity contribution is 0.0995. The average Bonchev–Trinajstić information content (AvgIpc) is 3.18. The second kappa shape index (κ2) is 7.79. The fourth-order valence-corrected chi connectivity index (χ4v) is 5.55. The summed E-state index contributed by atoms with van der Waals surface area (Å²) in [7, 11) is 0. The molecule has 7 nitrogen and oxygen atoms in total. The third kappa shape index (κ3) is 3.30. The molecule has 3 aromatic rings. The normalized spacial score (nSPS) is 14.5. The molecule has 0 saturated carbocycles. The van der Waals surface area contributed by atoms with Crippen LogP contribution in [0.2, 0.25) is 0 Å².